The van der Waals surface area contributed by atoms with Crippen molar-refractivity contribution in [1.29, 1.82) is 0 Å². The van der Waals surface area contributed by atoms with E-state index < -0.39 is 0 Å². The van der Waals surface area contributed by atoms with Crippen LogP contribution in [0.25, 0.3) is 11.3 Å². The Hall–Kier alpha value is -3.13. The molecule has 0 atom stereocenters. The number of imidazole rings is 1. The van der Waals surface area contributed by atoms with Crippen LogP contribution in [0.3, 0.4) is 0 Å². The molecule has 0 unspecified atom stereocenters. The number of ether oxygens (including phenoxy) is 2. The fraction of sp³-hybridized carbons (Fsp3) is 0.158. The molecule has 1 aromatic heterocycles. The average Bonchev–Trinajstić information content (AvgIpc) is 3.37. The predicted octanol–water partition coefficient (Wildman–Crippen LogP) is 4.03. The van der Waals surface area contributed by atoms with Crippen molar-refractivity contribution in [1.82, 2.24) is 9.55 Å². The molecule has 27 heavy (non-hydrogen) atoms. The number of nitrogens with one attached hydrogen (secondary N) is 2. The number of rotatable bonds is 3. The Kier molecular flexibility index (Phi) is 3.90. The molecule has 2 aliphatic rings. The first-order valence-corrected chi connectivity index (χ1v) is 9.52. The summed E-state index contributed by atoms with van der Waals surface area (Å²) < 4.78 is 12.8. The number of nitrogens with zero attached hydrogens (tertiary/aromatic N) is 2. The Morgan fingerprint density at radius 2 is 2.00 bits per heavy atom. The molecule has 0 spiro atoms. The quantitative estimate of drug-likeness (QED) is 0.717. The molecule has 0 aliphatic carbocycles. The number of para-hydroxylation sites is 1. The van der Waals surface area contributed by atoms with E-state index in [0.29, 0.717) is 22.9 Å². The summed E-state index contributed by atoms with van der Waals surface area (Å²) in [6.45, 7) is 1.17. The average molecular weight is 380 g/mol. The number of carbonyl (C=O) groups excluding carboxylic acids is 1. The van der Waals surface area contributed by atoms with Crippen LogP contribution in [0, 0.1) is 0 Å². The largest absolute Gasteiger partial charge is 0.454 e. The van der Waals surface area contributed by atoms with E-state index in [-0.39, 0.29) is 12.8 Å². The third kappa shape index (κ3) is 3.08. The van der Waals surface area contributed by atoms with Crippen molar-refractivity contribution in [3.8, 4) is 22.8 Å². The number of fused-ring (bicyclic) bond motifs is 2. The van der Waals surface area contributed by atoms with Crippen LogP contribution in [-0.4, -0.2) is 28.1 Å². The number of amides is 2. The van der Waals surface area contributed by atoms with Gasteiger partial charge in [0, 0.05) is 35.8 Å². The number of thioether (sulfide) groups is 1. The molecule has 0 fully saturated rings. The van der Waals surface area contributed by atoms with Crippen molar-refractivity contribution in [2.45, 2.75) is 11.7 Å². The summed E-state index contributed by atoms with van der Waals surface area (Å²) in [4.78, 5) is 17.2. The number of hydrogen-bond donors (Lipinski definition) is 2. The van der Waals surface area contributed by atoms with Gasteiger partial charge in [-0.3, -0.25) is 0 Å². The second kappa shape index (κ2) is 6.55. The van der Waals surface area contributed by atoms with Crippen LogP contribution in [0.2, 0.25) is 0 Å². The summed E-state index contributed by atoms with van der Waals surface area (Å²) in [5.41, 5.74) is 3.08. The molecule has 0 saturated heterocycles. The maximum absolute atomic E-state index is 12.5. The number of urea groups is 1. The van der Waals surface area contributed by atoms with Crippen LogP contribution in [0.15, 0.2) is 53.8 Å². The van der Waals surface area contributed by atoms with Crippen LogP contribution in [0.1, 0.15) is 0 Å². The molecule has 2 aromatic carbocycles. The Labute approximate surface area is 159 Å². The van der Waals surface area contributed by atoms with Gasteiger partial charge in [-0.05, 0) is 18.2 Å². The highest BCUT2D eigenvalue weighted by Crippen LogP contribution is 2.35. The van der Waals surface area contributed by atoms with Crippen molar-refractivity contribution in [2.24, 2.45) is 0 Å². The SMILES string of the molecule is O=C(Nc1ccc2c(c1)OCO2)Nc1ccccc1-c1cn2c(n1)SCC2. The van der Waals surface area contributed by atoms with Gasteiger partial charge in [-0.15, -0.1) is 0 Å². The predicted molar refractivity (Wildman–Crippen MR) is 104 cm³/mol. The Bertz CT molecular complexity index is 1010. The summed E-state index contributed by atoms with van der Waals surface area (Å²) in [5.74, 6) is 2.36. The number of aromatic nitrogens is 2. The fourth-order valence-electron chi connectivity index (χ4n) is 3.11. The van der Waals surface area contributed by atoms with E-state index in [9.17, 15) is 4.79 Å². The molecule has 7 nitrogen and oxygen atoms in total. The number of benzene rings is 2. The maximum atomic E-state index is 12.5. The van der Waals surface area contributed by atoms with E-state index in [4.69, 9.17) is 9.47 Å². The van der Waals surface area contributed by atoms with Gasteiger partial charge in [0.1, 0.15) is 0 Å². The minimum absolute atomic E-state index is 0.200. The third-order valence-corrected chi connectivity index (χ3v) is 5.36. The molecule has 2 aliphatic heterocycles. The smallest absolute Gasteiger partial charge is 0.323 e. The van der Waals surface area contributed by atoms with Crippen molar-refractivity contribution in [3.05, 3.63) is 48.7 Å². The summed E-state index contributed by atoms with van der Waals surface area (Å²) >= 11 is 1.74. The van der Waals surface area contributed by atoms with Gasteiger partial charge in [-0.2, -0.15) is 0 Å². The highest BCUT2D eigenvalue weighted by atomic mass is 32.2. The molecule has 2 N–H and O–H groups in total. The van der Waals surface area contributed by atoms with Crippen LogP contribution in [-0.2, 0) is 6.54 Å². The van der Waals surface area contributed by atoms with Crippen LogP contribution >= 0.6 is 11.8 Å². The van der Waals surface area contributed by atoms with Gasteiger partial charge >= 0.3 is 6.03 Å². The van der Waals surface area contributed by atoms with E-state index in [2.05, 4.69) is 20.2 Å². The molecule has 136 valence electrons. The van der Waals surface area contributed by atoms with Gasteiger partial charge in [0.2, 0.25) is 6.79 Å². The Morgan fingerprint density at radius 1 is 1.11 bits per heavy atom. The van der Waals surface area contributed by atoms with Gasteiger partial charge in [0.15, 0.2) is 16.7 Å². The normalized spacial score (nSPS) is 14.1. The molecular formula is C19H16N4O3S. The van der Waals surface area contributed by atoms with Gasteiger partial charge in [-0.25, -0.2) is 9.78 Å². The van der Waals surface area contributed by atoms with Crippen molar-refractivity contribution in [3.63, 3.8) is 0 Å². The lowest BCUT2D eigenvalue weighted by atomic mass is 10.1. The lowest BCUT2D eigenvalue weighted by molar-refractivity contribution is 0.174. The number of carbonyl (C=O) groups is 1. The lowest BCUT2D eigenvalue weighted by Gasteiger charge is -2.11. The van der Waals surface area contributed by atoms with Gasteiger partial charge in [0.25, 0.3) is 0 Å². The molecule has 3 heterocycles. The molecule has 0 bridgehead atoms. The fourth-order valence-corrected chi connectivity index (χ4v) is 4.06. The van der Waals surface area contributed by atoms with Crippen molar-refractivity contribution >= 4 is 29.2 Å². The number of anilines is 2. The number of aryl methyl sites for hydroxylation is 1. The van der Waals surface area contributed by atoms with E-state index in [1.165, 1.54) is 0 Å². The van der Waals surface area contributed by atoms with Crippen molar-refractivity contribution in [2.75, 3.05) is 23.2 Å². The van der Waals surface area contributed by atoms with Crippen LogP contribution < -0.4 is 20.1 Å². The maximum Gasteiger partial charge on any atom is 0.323 e. The van der Waals surface area contributed by atoms with E-state index in [0.717, 1.165) is 28.7 Å². The zero-order valence-electron chi connectivity index (χ0n) is 14.3. The molecule has 0 radical (unpaired) electrons. The molecular weight excluding hydrogens is 364 g/mol. The van der Waals surface area contributed by atoms with Crippen LogP contribution in [0.4, 0.5) is 16.2 Å². The van der Waals surface area contributed by atoms with Crippen molar-refractivity contribution < 1.29 is 14.3 Å². The van der Waals surface area contributed by atoms with E-state index >= 15 is 0 Å². The highest BCUT2D eigenvalue weighted by Gasteiger charge is 2.18. The van der Waals surface area contributed by atoms with Gasteiger partial charge in [-0.1, -0.05) is 30.0 Å². The third-order valence-electron chi connectivity index (χ3n) is 4.38. The van der Waals surface area contributed by atoms with Gasteiger partial charge < -0.3 is 24.7 Å². The summed E-state index contributed by atoms with van der Waals surface area (Å²) in [6, 6.07) is 12.6. The monoisotopic (exact) mass is 380 g/mol. The zero-order chi connectivity index (χ0) is 18.2. The minimum Gasteiger partial charge on any atom is -0.454 e. The zero-order valence-corrected chi connectivity index (χ0v) is 15.1. The molecule has 0 saturated carbocycles. The lowest BCUT2D eigenvalue weighted by Crippen LogP contribution is -2.19. The second-order valence-electron chi connectivity index (χ2n) is 6.14. The van der Waals surface area contributed by atoms with E-state index in [1.807, 2.05) is 30.5 Å². The molecule has 3 aromatic rings. The Balaban J connectivity index is 1.35. The van der Waals surface area contributed by atoms with E-state index in [1.54, 1.807) is 30.0 Å². The molecule has 5 rings (SSSR count). The van der Waals surface area contributed by atoms with Gasteiger partial charge in [0.05, 0.1) is 11.4 Å². The first-order chi connectivity index (χ1) is 13.3. The molecule has 2 amide bonds. The second-order valence-corrected chi connectivity index (χ2v) is 7.21. The first kappa shape index (κ1) is 16.1. The standard InChI is InChI=1S/C19H16N4O3S/c24-18(20-12-5-6-16-17(9-12)26-11-25-16)21-14-4-2-1-3-13(14)15-10-23-7-8-27-19(23)22-15/h1-6,9-10H,7-8,11H2,(H2,20,21,24). The summed E-state index contributed by atoms with van der Waals surface area (Å²) in [7, 11) is 0. The Morgan fingerprint density at radius 3 is 2.93 bits per heavy atom. The topological polar surface area (TPSA) is 77.4 Å². The molecule has 8 heteroatoms. The summed E-state index contributed by atoms with van der Waals surface area (Å²) in [5, 5.41) is 6.75. The highest BCUT2D eigenvalue weighted by molar-refractivity contribution is 7.99. The van der Waals surface area contributed by atoms with Crippen LogP contribution in [0.5, 0.6) is 11.5 Å². The summed E-state index contributed by atoms with van der Waals surface area (Å²) in [6.07, 6.45) is 2.03. The number of hydrogen-bond acceptors (Lipinski definition) is 5. The first-order valence-electron chi connectivity index (χ1n) is 8.53. The minimum atomic E-state index is -0.331.